The molecule has 5 aromatic carbocycles. The second-order valence-corrected chi connectivity index (χ2v) is 17.3. The Morgan fingerprint density at radius 2 is 1.61 bits per heavy atom. The fraction of sp³-hybridized carbons (Fsp3) is 0.238. The lowest BCUT2D eigenvalue weighted by molar-refractivity contribution is -0.384. The number of halogens is 2. The number of hydrogen-bond acceptors (Lipinski definition) is 9. The second-order valence-electron chi connectivity index (χ2n) is 14.0. The fourth-order valence-electron chi connectivity index (χ4n) is 7.25. The lowest BCUT2D eigenvalue weighted by atomic mass is 9.92. The highest BCUT2D eigenvalue weighted by Crippen LogP contribution is 2.42. The Balaban J connectivity index is 1.13. The van der Waals surface area contributed by atoms with Crippen molar-refractivity contribution < 1.29 is 22.9 Å². The van der Waals surface area contributed by atoms with E-state index in [0.29, 0.717) is 26.9 Å². The molecule has 56 heavy (non-hydrogen) atoms. The van der Waals surface area contributed by atoms with Gasteiger partial charge in [0, 0.05) is 25.2 Å². The summed E-state index contributed by atoms with van der Waals surface area (Å²) in [5.74, 6) is -0.182. The number of amides is 1. The molecule has 2 aliphatic rings. The normalized spacial score (nSPS) is 15.8. The minimum absolute atomic E-state index is 0.0763. The Labute approximate surface area is 342 Å². The summed E-state index contributed by atoms with van der Waals surface area (Å²) in [5.41, 5.74) is 6.07. The van der Waals surface area contributed by atoms with Crippen LogP contribution in [0.3, 0.4) is 0 Å². The van der Waals surface area contributed by atoms with Gasteiger partial charge in [-0.1, -0.05) is 79.6 Å². The Hall–Kier alpha value is -5.07. The molecule has 7 rings (SSSR count). The van der Waals surface area contributed by atoms with Crippen molar-refractivity contribution in [3.8, 4) is 22.9 Å². The Morgan fingerprint density at radius 1 is 0.929 bits per heavy atom. The van der Waals surface area contributed by atoms with Gasteiger partial charge in [0.1, 0.15) is 18.0 Å². The molecule has 1 saturated carbocycles. The van der Waals surface area contributed by atoms with E-state index in [1.807, 2.05) is 41.3 Å². The van der Waals surface area contributed by atoms with Crippen molar-refractivity contribution in [1.29, 1.82) is 5.26 Å². The predicted molar refractivity (Wildman–Crippen MR) is 220 cm³/mol. The minimum atomic E-state index is -4.50. The number of rotatable bonds is 12. The molecule has 1 atom stereocenters. The summed E-state index contributed by atoms with van der Waals surface area (Å²) in [5, 5.41) is 24.5. The van der Waals surface area contributed by atoms with Crippen LogP contribution >= 0.6 is 31.9 Å². The van der Waals surface area contributed by atoms with Crippen LogP contribution in [0.25, 0.3) is 11.1 Å². The number of anilines is 1. The van der Waals surface area contributed by atoms with Gasteiger partial charge in [-0.3, -0.25) is 19.8 Å². The highest BCUT2D eigenvalue weighted by Gasteiger charge is 2.36. The lowest BCUT2D eigenvalue weighted by Crippen LogP contribution is -2.51. The molecule has 286 valence electrons. The van der Waals surface area contributed by atoms with Crippen LogP contribution in [-0.4, -0.2) is 36.2 Å². The highest BCUT2D eigenvalue weighted by atomic mass is 79.9. The number of nitrogens with zero attached hydrogens (tertiary/aromatic N) is 3. The summed E-state index contributed by atoms with van der Waals surface area (Å²) < 4.78 is 37.3. The molecule has 14 heteroatoms. The quantitative estimate of drug-likeness (QED) is 0.0923. The van der Waals surface area contributed by atoms with E-state index < -0.39 is 26.9 Å². The number of fused-ring (bicyclic) bond motifs is 1. The average Bonchev–Trinajstić information content (AvgIpc) is 3.72. The van der Waals surface area contributed by atoms with Crippen molar-refractivity contribution in [2.75, 3.05) is 5.32 Å². The van der Waals surface area contributed by atoms with Crippen LogP contribution in [0.5, 0.6) is 5.75 Å². The molecule has 1 amide bonds. The Morgan fingerprint density at radius 3 is 2.29 bits per heavy atom. The van der Waals surface area contributed by atoms with E-state index in [4.69, 9.17) is 4.74 Å². The zero-order valence-electron chi connectivity index (χ0n) is 30.1. The smallest absolute Gasteiger partial charge is 0.293 e. The van der Waals surface area contributed by atoms with Gasteiger partial charge in [0.2, 0.25) is 0 Å². The number of nitro groups is 1. The van der Waals surface area contributed by atoms with E-state index >= 15 is 0 Å². The second kappa shape index (κ2) is 17.0. The number of carbonyl (C=O) groups is 1. The molecule has 2 N–H and O–H groups in total. The van der Waals surface area contributed by atoms with Gasteiger partial charge in [-0.05, 0) is 115 Å². The summed E-state index contributed by atoms with van der Waals surface area (Å²) in [6, 6.07) is 32.1. The lowest BCUT2D eigenvalue weighted by Gasteiger charge is -2.37. The number of nitrogens with one attached hydrogen (secondary N) is 2. The van der Waals surface area contributed by atoms with Crippen molar-refractivity contribution in [2.45, 2.75) is 68.8 Å². The first-order valence-electron chi connectivity index (χ1n) is 18.1. The van der Waals surface area contributed by atoms with Crippen LogP contribution < -0.4 is 14.8 Å². The molecule has 0 saturated heterocycles. The first-order chi connectivity index (χ1) is 27.0. The summed E-state index contributed by atoms with van der Waals surface area (Å²) >= 11 is 7.44. The molecule has 0 spiro atoms. The molecule has 0 radical (unpaired) electrons. The van der Waals surface area contributed by atoms with Gasteiger partial charge >= 0.3 is 0 Å². The van der Waals surface area contributed by atoms with Gasteiger partial charge in [0.25, 0.3) is 21.6 Å². The van der Waals surface area contributed by atoms with Crippen molar-refractivity contribution in [3.63, 3.8) is 0 Å². The molecule has 1 aliphatic carbocycles. The molecule has 11 nitrogen and oxygen atoms in total. The van der Waals surface area contributed by atoms with Gasteiger partial charge in [-0.25, -0.2) is 13.1 Å². The zero-order valence-corrected chi connectivity index (χ0v) is 34.1. The number of hydrogen-bond donors (Lipinski definition) is 2. The molecule has 1 fully saturated rings. The molecule has 1 aliphatic heterocycles. The fourth-order valence-corrected chi connectivity index (χ4v) is 9.84. The summed E-state index contributed by atoms with van der Waals surface area (Å²) in [4.78, 5) is 26.9. The highest BCUT2D eigenvalue weighted by molar-refractivity contribution is 9.11. The first kappa shape index (κ1) is 39.2. The van der Waals surface area contributed by atoms with Crippen LogP contribution in [0.1, 0.15) is 53.5 Å². The number of benzene rings is 5. The summed E-state index contributed by atoms with van der Waals surface area (Å²) in [7, 11) is -4.50. The van der Waals surface area contributed by atoms with Crippen molar-refractivity contribution in [3.05, 3.63) is 150 Å². The monoisotopic (exact) mass is 897 g/mol. The largest absolute Gasteiger partial charge is 0.487 e. The third-order valence-electron chi connectivity index (χ3n) is 10.2. The molecule has 5 aromatic rings. The average molecular weight is 900 g/mol. The van der Waals surface area contributed by atoms with Crippen LogP contribution in [-0.2, 0) is 40.9 Å². The van der Waals surface area contributed by atoms with Crippen molar-refractivity contribution in [2.24, 2.45) is 0 Å². The maximum Gasteiger partial charge on any atom is 0.293 e. The maximum atomic E-state index is 14.1. The zero-order chi connectivity index (χ0) is 39.4. The summed E-state index contributed by atoms with van der Waals surface area (Å²) in [6.07, 6.45) is 3.96. The molecule has 0 unspecified atom stereocenters. The van der Waals surface area contributed by atoms with E-state index in [1.165, 1.54) is 12.1 Å². The summed E-state index contributed by atoms with van der Waals surface area (Å²) in [6.45, 7) is 0.831. The van der Waals surface area contributed by atoms with Gasteiger partial charge in [0.15, 0.2) is 0 Å². The van der Waals surface area contributed by atoms with E-state index in [2.05, 4.69) is 72.2 Å². The van der Waals surface area contributed by atoms with E-state index in [0.717, 1.165) is 65.1 Å². The maximum absolute atomic E-state index is 14.1. The third-order valence-corrected chi connectivity index (χ3v) is 13.0. The number of nitriles is 1. The number of nitro benzene ring substituents is 1. The minimum Gasteiger partial charge on any atom is -0.487 e. The SMILES string of the molecule is N#Cc1ccc(CN2Cc3c(cc(Br)c(OCc4ccc(-c5ccccc5)cc4)c3Br)C[C@H]2C(=O)NS(=O)(=O)c2ccc(NC3CCCC3)c([N+](=O)[O-])c2)cc1. The standard InChI is InChI=1S/C42H37Br2N5O6S/c43-36-20-32-21-39(42(50)47-56(53,54)34-18-19-37(38(22-34)49(51)52)46-33-8-4-5-9-33)48(24-28-12-10-27(23-45)11-13-28)25-35(32)40(44)41(36)55-26-29-14-16-31(17-15-29)30-6-2-1-3-7-30/h1-3,6-7,10-20,22,33,39,46H,4-5,8-9,21,24-26H2,(H,47,50)/t39-/m0/s1. The van der Waals surface area contributed by atoms with E-state index in [-0.39, 0.29) is 41.8 Å². The Kier molecular flexibility index (Phi) is 11.9. The molecular formula is C42H37Br2N5O6S. The molecular weight excluding hydrogens is 862 g/mol. The predicted octanol–water partition coefficient (Wildman–Crippen LogP) is 9.02. The molecule has 0 aromatic heterocycles. The van der Waals surface area contributed by atoms with Crippen LogP contribution in [0, 0.1) is 21.4 Å². The number of sulfonamides is 1. The van der Waals surface area contributed by atoms with Crippen molar-refractivity contribution >= 4 is 59.2 Å². The van der Waals surface area contributed by atoms with E-state index in [1.54, 1.807) is 24.3 Å². The molecule has 1 heterocycles. The number of carbonyl (C=O) groups excluding carboxylic acids is 1. The van der Waals surface area contributed by atoms with Crippen LogP contribution in [0.2, 0.25) is 0 Å². The van der Waals surface area contributed by atoms with Gasteiger partial charge in [-0.2, -0.15) is 5.26 Å². The third kappa shape index (κ3) is 8.81. The van der Waals surface area contributed by atoms with Gasteiger partial charge in [-0.15, -0.1) is 0 Å². The van der Waals surface area contributed by atoms with Crippen LogP contribution in [0.15, 0.2) is 117 Å². The topological polar surface area (TPSA) is 155 Å². The van der Waals surface area contributed by atoms with Crippen molar-refractivity contribution in [1.82, 2.24) is 9.62 Å². The van der Waals surface area contributed by atoms with E-state index in [9.17, 15) is 28.6 Å². The molecule has 0 bridgehead atoms. The first-order valence-corrected chi connectivity index (χ1v) is 21.2. The number of ether oxygens (including phenoxy) is 1. The van der Waals surface area contributed by atoms with Gasteiger partial charge in [0.05, 0.1) is 36.4 Å². The van der Waals surface area contributed by atoms with Crippen LogP contribution in [0.4, 0.5) is 11.4 Å². The van der Waals surface area contributed by atoms with Gasteiger partial charge < -0.3 is 10.1 Å². The Bertz CT molecular complexity index is 2420.